The molecule has 0 unspecified atom stereocenters. The lowest BCUT2D eigenvalue weighted by atomic mass is 9.71. The number of hydrogen-bond acceptors (Lipinski definition) is 2. The Labute approximate surface area is 58.6 Å². The van der Waals surface area contributed by atoms with Crippen LogP contribution in [-0.4, -0.2) is 16.8 Å². The summed E-state index contributed by atoms with van der Waals surface area (Å²) in [6.07, 6.45) is 0. The maximum Gasteiger partial charge on any atom is 0.427 e. The van der Waals surface area contributed by atoms with Crippen LogP contribution >= 0.6 is 0 Å². The normalized spacial score (nSPS) is 11.5. The largest absolute Gasteiger partial charge is 0.554 e. The van der Waals surface area contributed by atoms with Crippen molar-refractivity contribution in [2.75, 3.05) is 0 Å². The molecule has 0 saturated carbocycles. The fourth-order valence-electron chi connectivity index (χ4n) is 0.704. The van der Waals surface area contributed by atoms with Crippen molar-refractivity contribution in [3.05, 3.63) is 30.3 Å². The molecule has 0 fully saturated rings. The first-order chi connectivity index (χ1) is 4.61. The van der Waals surface area contributed by atoms with Gasteiger partial charge in [-0.15, -0.1) is 5.46 Å². The summed E-state index contributed by atoms with van der Waals surface area (Å²) in [5, 5.41) is 27.6. The van der Waals surface area contributed by atoms with Gasteiger partial charge in [0.15, 0.2) is 0 Å². The third kappa shape index (κ3) is 1.57. The highest BCUT2D eigenvalue weighted by Gasteiger charge is 2.18. The molecular formula is C6H7BO3-. The molecule has 1 aromatic carbocycles. The van der Waals surface area contributed by atoms with E-state index in [1.165, 1.54) is 12.1 Å². The van der Waals surface area contributed by atoms with Crippen LogP contribution < -0.4 is 5.46 Å². The van der Waals surface area contributed by atoms with Crippen LogP contribution in [0.3, 0.4) is 0 Å². The van der Waals surface area contributed by atoms with E-state index in [1.807, 2.05) is 0 Å². The maximum atomic E-state index is 10.5. The van der Waals surface area contributed by atoms with Crippen molar-refractivity contribution in [2.24, 2.45) is 0 Å². The Morgan fingerprint density at radius 1 is 1.10 bits per heavy atom. The van der Waals surface area contributed by atoms with Gasteiger partial charge in [-0.05, 0) is 0 Å². The second-order valence-corrected chi connectivity index (χ2v) is 2.11. The van der Waals surface area contributed by atoms with Crippen LogP contribution in [0.25, 0.3) is 0 Å². The Balaban J connectivity index is 2.97. The summed E-state index contributed by atoms with van der Waals surface area (Å²) in [6, 6.07) is 7.62. The van der Waals surface area contributed by atoms with Crippen LogP contribution in [0.2, 0.25) is 0 Å². The summed E-state index contributed by atoms with van der Waals surface area (Å²) >= 11 is 0. The third-order valence-electron chi connectivity index (χ3n) is 1.23. The molecule has 0 aliphatic rings. The Morgan fingerprint density at radius 2 is 1.60 bits per heavy atom. The Kier molecular flexibility index (Phi) is 1.76. The smallest absolute Gasteiger partial charge is 0.427 e. The van der Waals surface area contributed by atoms with Gasteiger partial charge >= 0.3 is 6.75 Å². The molecule has 0 aliphatic heterocycles. The summed E-state index contributed by atoms with van der Waals surface area (Å²) in [4.78, 5) is 0. The van der Waals surface area contributed by atoms with Crippen LogP contribution in [0.5, 0.6) is 0 Å². The minimum atomic E-state index is -3.55. The molecule has 3 nitrogen and oxygen atoms in total. The monoisotopic (exact) mass is 138 g/mol. The van der Waals surface area contributed by atoms with Crippen molar-refractivity contribution in [1.29, 1.82) is 0 Å². The SMILES string of the molecule is [O][B-](O)(O)c1ccccc1. The Hall–Kier alpha value is -0.835. The fourth-order valence-corrected chi connectivity index (χ4v) is 0.704. The first-order valence-corrected chi connectivity index (χ1v) is 2.95. The number of benzene rings is 1. The second-order valence-electron chi connectivity index (χ2n) is 2.11. The van der Waals surface area contributed by atoms with E-state index in [-0.39, 0.29) is 5.46 Å². The lowest BCUT2D eigenvalue weighted by molar-refractivity contribution is 0.202. The second kappa shape index (κ2) is 2.42. The molecule has 10 heavy (non-hydrogen) atoms. The zero-order valence-corrected chi connectivity index (χ0v) is 5.27. The van der Waals surface area contributed by atoms with Crippen LogP contribution in [0.15, 0.2) is 30.3 Å². The Bertz CT molecular complexity index is 204. The van der Waals surface area contributed by atoms with Gasteiger partial charge in [0, 0.05) is 0 Å². The third-order valence-corrected chi connectivity index (χ3v) is 1.23. The van der Waals surface area contributed by atoms with E-state index < -0.39 is 6.75 Å². The molecule has 0 aromatic heterocycles. The van der Waals surface area contributed by atoms with Crippen molar-refractivity contribution in [2.45, 2.75) is 0 Å². The quantitative estimate of drug-likeness (QED) is 0.501. The van der Waals surface area contributed by atoms with Crippen LogP contribution in [0.1, 0.15) is 0 Å². The summed E-state index contributed by atoms with van der Waals surface area (Å²) in [5.41, 5.74) is 0.0162. The first-order valence-electron chi connectivity index (χ1n) is 2.95. The average molecular weight is 138 g/mol. The fraction of sp³-hybridized carbons (Fsp3) is 0. The average Bonchev–Trinajstić information content (AvgIpc) is 1.88. The molecule has 0 atom stereocenters. The van der Waals surface area contributed by atoms with Crippen LogP contribution in [0.4, 0.5) is 0 Å². The lowest BCUT2D eigenvalue weighted by Gasteiger charge is -2.18. The van der Waals surface area contributed by atoms with Gasteiger partial charge in [0.05, 0.1) is 0 Å². The lowest BCUT2D eigenvalue weighted by Crippen LogP contribution is -2.47. The van der Waals surface area contributed by atoms with Crippen molar-refractivity contribution in [3.8, 4) is 0 Å². The molecule has 0 aliphatic carbocycles. The first kappa shape index (κ1) is 7.27. The van der Waals surface area contributed by atoms with Crippen LogP contribution in [-0.2, 0) is 5.02 Å². The van der Waals surface area contributed by atoms with Gasteiger partial charge in [-0.1, -0.05) is 30.3 Å². The zero-order chi connectivity index (χ0) is 7.61. The summed E-state index contributed by atoms with van der Waals surface area (Å²) in [5.74, 6) is 0. The highest BCUT2D eigenvalue weighted by molar-refractivity contribution is 6.71. The molecule has 1 radical (unpaired) electrons. The topological polar surface area (TPSA) is 60.4 Å². The summed E-state index contributed by atoms with van der Waals surface area (Å²) in [7, 11) is 0. The molecule has 1 rings (SSSR count). The molecule has 0 saturated heterocycles. The van der Waals surface area contributed by atoms with Crippen molar-refractivity contribution >= 4 is 12.2 Å². The van der Waals surface area contributed by atoms with Gasteiger partial charge in [0.25, 0.3) is 0 Å². The van der Waals surface area contributed by atoms with Gasteiger partial charge in [0.1, 0.15) is 0 Å². The Morgan fingerprint density at radius 3 is 1.90 bits per heavy atom. The van der Waals surface area contributed by atoms with E-state index in [2.05, 4.69) is 0 Å². The zero-order valence-electron chi connectivity index (χ0n) is 5.27. The maximum absolute atomic E-state index is 10.5. The summed E-state index contributed by atoms with van der Waals surface area (Å²) in [6.45, 7) is -3.55. The van der Waals surface area contributed by atoms with Gasteiger partial charge in [-0.2, -0.15) is 0 Å². The molecule has 0 amide bonds. The van der Waals surface area contributed by atoms with Gasteiger partial charge in [0.2, 0.25) is 0 Å². The van der Waals surface area contributed by atoms with Gasteiger partial charge in [-0.25, -0.2) is 0 Å². The van der Waals surface area contributed by atoms with E-state index in [0.717, 1.165) is 0 Å². The molecular weight excluding hydrogens is 131 g/mol. The van der Waals surface area contributed by atoms with Gasteiger partial charge in [-0.3, -0.25) is 0 Å². The molecule has 0 spiro atoms. The van der Waals surface area contributed by atoms with E-state index in [4.69, 9.17) is 10.0 Å². The molecule has 4 heteroatoms. The predicted octanol–water partition coefficient (Wildman–Crippen LogP) is -0.752. The van der Waals surface area contributed by atoms with Gasteiger partial charge < -0.3 is 15.1 Å². The predicted molar refractivity (Wildman–Crippen MR) is 37.0 cm³/mol. The number of hydrogen-bond donors (Lipinski definition) is 2. The van der Waals surface area contributed by atoms with Crippen LogP contribution in [0, 0.1) is 0 Å². The van der Waals surface area contributed by atoms with Crippen molar-refractivity contribution in [1.82, 2.24) is 0 Å². The van der Waals surface area contributed by atoms with E-state index >= 15 is 0 Å². The van der Waals surface area contributed by atoms with E-state index in [1.54, 1.807) is 18.2 Å². The molecule has 0 heterocycles. The standard InChI is InChI=1S/C6H7BO3/c8-7(9,10)6-4-2-1-3-5-6/h1-5,8-9H/q-1. The molecule has 2 N–H and O–H groups in total. The van der Waals surface area contributed by atoms with E-state index in [9.17, 15) is 5.02 Å². The molecule has 0 bridgehead atoms. The summed E-state index contributed by atoms with van der Waals surface area (Å²) < 4.78 is 0. The van der Waals surface area contributed by atoms with E-state index in [0.29, 0.717) is 0 Å². The highest BCUT2D eigenvalue weighted by atomic mass is 16.5. The minimum absolute atomic E-state index is 0.0162. The van der Waals surface area contributed by atoms with Crippen molar-refractivity contribution in [3.63, 3.8) is 0 Å². The van der Waals surface area contributed by atoms with Crippen molar-refractivity contribution < 1.29 is 15.1 Å². The highest BCUT2D eigenvalue weighted by Crippen LogP contribution is 1.90. The number of rotatable bonds is 1. The molecule has 1 aromatic rings. The molecule has 53 valence electrons. The minimum Gasteiger partial charge on any atom is -0.554 e.